The molecule has 5 aromatic rings. The molecule has 1 aliphatic heterocycles. The highest BCUT2D eigenvalue weighted by Gasteiger charge is 2.31. The minimum absolute atomic E-state index is 0.0722. The summed E-state index contributed by atoms with van der Waals surface area (Å²) in [6.45, 7) is 2.14. The number of rotatable bonds is 6. The molecular weight excluding hydrogens is 579 g/mol. The van der Waals surface area contributed by atoms with Crippen LogP contribution in [0.3, 0.4) is 0 Å². The van der Waals surface area contributed by atoms with E-state index in [1.165, 1.54) is 5.06 Å². The van der Waals surface area contributed by atoms with E-state index in [1.54, 1.807) is 27.7 Å². The summed E-state index contributed by atoms with van der Waals surface area (Å²) in [5, 5.41) is 24.1. The maximum absolute atomic E-state index is 13.6. The molecule has 0 aliphatic carbocycles. The number of carboxylic acid groups (broad SMARTS) is 1. The Bertz CT molecular complexity index is 1860. The number of amides is 1. The molecule has 1 amide bonds. The number of nitrogens with zero attached hydrogens (tertiary/aromatic N) is 6. The number of aromatic nitrogens is 5. The van der Waals surface area contributed by atoms with E-state index in [0.717, 1.165) is 50.0 Å². The number of hydrogen-bond donors (Lipinski definition) is 1. The zero-order valence-corrected chi connectivity index (χ0v) is 24.5. The van der Waals surface area contributed by atoms with Gasteiger partial charge in [0.05, 0.1) is 40.3 Å². The molecule has 3 heterocycles. The van der Waals surface area contributed by atoms with Crippen LogP contribution in [-0.4, -0.2) is 46.8 Å². The van der Waals surface area contributed by atoms with Crippen LogP contribution in [0, 0.1) is 6.92 Å². The second-order valence-corrected chi connectivity index (χ2v) is 11.1. The van der Waals surface area contributed by atoms with Gasteiger partial charge in [0, 0.05) is 31.8 Å². The van der Waals surface area contributed by atoms with Crippen molar-refractivity contribution in [2.75, 3.05) is 0 Å². The second-order valence-electron chi connectivity index (χ2n) is 10.3. The van der Waals surface area contributed by atoms with Gasteiger partial charge in [-0.2, -0.15) is 5.10 Å². The van der Waals surface area contributed by atoms with Crippen LogP contribution in [-0.2, 0) is 36.9 Å². The molecular formula is C30H26Cl2N6O4. The standard InChI is InChI=1S/C30H26Cl2N6O4/c1-16-20(7-8-26-29(16)34-35-37(26)3)22(11-27(39)40)21-6-4-5-17-14-38(42-15-23(17)21)30(41)28-24(31)9-18(10-25(28)32)19-12-33-36(2)13-19/h4-10,12-13,22H,11,14-15H2,1-3H3,(H,39,40). The smallest absolute Gasteiger partial charge is 0.304 e. The zero-order chi connectivity index (χ0) is 29.7. The Hall–Kier alpha value is -4.25. The molecule has 1 unspecified atom stereocenters. The molecule has 1 atom stereocenters. The molecule has 214 valence electrons. The van der Waals surface area contributed by atoms with Gasteiger partial charge in [-0.1, -0.05) is 52.7 Å². The topological polar surface area (TPSA) is 115 Å². The van der Waals surface area contributed by atoms with Crippen LogP contribution in [0.15, 0.2) is 54.9 Å². The molecule has 0 radical (unpaired) electrons. The highest BCUT2D eigenvalue weighted by atomic mass is 35.5. The summed E-state index contributed by atoms with van der Waals surface area (Å²) in [6, 6.07) is 12.9. The molecule has 12 heteroatoms. The Morgan fingerprint density at radius 2 is 1.83 bits per heavy atom. The highest BCUT2D eigenvalue weighted by molar-refractivity contribution is 6.40. The van der Waals surface area contributed by atoms with Crippen molar-refractivity contribution in [1.29, 1.82) is 0 Å². The molecule has 0 fully saturated rings. The summed E-state index contributed by atoms with van der Waals surface area (Å²) in [5.74, 6) is -1.85. The molecule has 10 nitrogen and oxygen atoms in total. The van der Waals surface area contributed by atoms with Gasteiger partial charge in [0.15, 0.2) is 0 Å². The van der Waals surface area contributed by atoms with Gasteiger partial charge in [0.2, 0.25) is 0 Å². The monoisotopic (exact) mass is 604 g/mol. The van der Waals surface area contributed by atoms with Crippen LogP contribution in [0.4, 0.5) is 0 Å². The number of aliphatic carboxylic acids is 1. The third-order valence-corrected chi connectivity index (χ3v) is 8.31. The fourth-order valence-electron chi connectivity index (χ4n) is 5.61. The third kappa shape index (κ3) is 4.91. The van der Waals surface area contributed by atoms with Gasteiger partial charge in [0.1, 0.15) is 12.1 Å². The number of hydrogen-bond acceptors (Lipinski definition) is 6. The van der Waals surface area contributed by atoms with E-state index in [0.29, 0.717) is 0 Å². The third-order valence-electron chi connectivity index (χ3n) is 7.72. The van der Waals surface area contributed by atoms with E-state index in [9.17, 15) is 14.7 Å². The number of aryl methyl sites for hydroxylation is 3. The van der Waals surface area contributed by atoms with Crippen LogP contribution in [0.5, 0.6) is 0 Å². The average Bonchev–Trinajstić information content (AvgIpc) is 3.57. The number of carbonyl (C=O) groups is 2. The molecule has 1 aliphatic rings. The number of carbonyl (C=O) groups excluding carboxylic acids is 1. The predicted molar refractivity (Wildman–Crippen MR) is 157 cm³/mol. The first-order valence-corrected chi connectivity index (χ1v) is 13.9. The van der Waals surface area contributed by atoms with E-state index in [-0.39, 0.29) is 35.2 Å². The lowest BCUT2D eigenvalue weighted by Gasteiger charge is -2.31. The van der Waals surface area contributed by atoms with Crippen LogP contribution in [0.1, 0.15) is 50.5 Å². The normalized spacial score (nSPS) is 13.8. The first-order valence-electron chi connectivity index (χ1n) is 13.2. The Kier molecular flexibility index (Phi) is 7.22. The number of benzene rings is 3. The number of carboxylic acids is 1. The average molecular weight is 605 g/mol. The molecule has 0 bridgehead atoms. The summed E-state index contributed by atoms with van der Waals surface area (Å²) in [5.41, 5.74) is 7.53. The van der Waals surface area contributed by atoms with Crippen molar-refractivity contribution >= 4 is 46.1 Å². The van der Waals surface area contributed by atoms with Crippen molar-refractivity contribution in [2.45, 2.75) is 32.4 Å². The summed E-state index contributed by atoms with van der Waals surface area (Å²) >= 11 is 13.1. The highest BCUT2D eigenvalue weighted by Crippen LogP contribution is 2.39. The summed E-state index contributed by atoms with van der Waals surface area (Å²) in [6.07, 6.45) is 3.40. The minimum atomic E-state index is -0.927. The first-order chi connectivity index (χ1) is 20.1. The molecule has 6 rings (SSSR count). The van der Waals surface area contributed by atoms with E-state index >= 15 is 0 Å². The van der Waals surface area contributed by atoms with Crippen LogP contribution < -0.4 is 0 Å². The van der Waals surface area contributed by atoms with Crippen LogP contribution in [0.25, 0.3) is 22.2 Å². The number of fused-ring (bicyclic) bond motifs is 2. The molecule has 3 aromatic carbocycles. The van der Waals surface area contributed by atoms with Gasteiger partial charge in [-0.25, -0.2) is 9.75 Å². The first kappa shape index (κ1) is 27.9. The van der Waals surface area contributed by atoms with Gasteiger partial charge in [0.25, 0.3) is 5.91 Å². The van der Waals surface area contributed by atoms with E-state index in [2.05, 4.69) is 15.4 Å². The van der Waals surface area contributed by atoms with Gasteiger partial charge < -0.3 is 5.11 Å². The largest absolute Gasteiger partial charge is 0.481 e. The molecule has 42 heavy (non-hydrogen) atoms. The molecule has 2 aromatic heterocycles. The fraction of sp³-hybridized carbons (Fsp3) is 0.233. The number of hydroxylamine groups is 2. The molecule has 1 N–H and O–H groups in total. The quantitative estimate of drug-likeness (QED) is 0.265. The van der Waals surface area contributed by atoms with Crippen LogP contribution in [0.2, 0.25) is 10.0 Å². The van der Waals surface area contributed by atoms with E-state index in [4.69, 9.17) is 28.0 Å². The van der Waals surface area contributed by atoms with Gasteiger partial charge >= 0.3 is 5.97 Å². The van der Waals surface area contributed by atoms with Crippen molar-refractivity contribution in [1.82, 2.24) is 29.8 Å². The lowest BCUT2D eigenvalue weighted by molar-refractivity contribution is -0.150. The lowest BCUT2D eigenvalue weighted by Crippen LogP contribution is -2.35. The van der Waals surface area contributed by atoms with Crippen molar-refractivity contribution in [2.24, 2.45) is 14.1 Å². The Balaban J connectivity index is 1.32. The SMILES string of the molecule is Cc1c(C(CC(=O)O)c2cccc3c2CON(C(=O)c2c(Cl)cc(-c4cnn(C)c4)cc2Cl)C3)ccc2c1nnn2C. The Morgan fingerprint density at radius 3 is 2.52 bits per heavy atom. The zero-order valence-electron chi connectivity index (χ0n) is 23.0. The van der Waals surface area contributed by atoms with Gasteiger partial charge in [-0.05, 0) is 58.5 Å². The minimum Gasteiger partial charge on any atom is -0.481 e. The van der Waals surface area contributed by atoms with Gasteiger partial charge in [-0.15, -0.1) is 5.10 Å². The van der Waals surface area contributed by atoms with Crippen molar-refractivity contribution < 1.29 is 19.5 Å². The molecule has 0 spiro atoms. The Morgan fingerprint density at radius 1 is 1.07 bits per heavy atom. The summed E-state index contributed by atoms with van der Waals surface area (Å²) < 4.78 is 3.35. The molecule has 0 saturated heterocycles. The number of halogens is 2. The molecule has 0 saturated carbocycles. The van der Waals surface area contributed by atoms with Crippen molar-refractivity contribution in [3.05, 3.63) is 98.3 Å². The predicted octanol–water partition coefficient (Wildman–Crippen LogP) is 5.68. The van der Waals surface area contributed by atoms with Crippen LogP contribution >= 0.6 is 23.2 Å². The summed E-state index contributed by atoms with van der Waals surface area (Å²) in [4.78, 5) is 31.6. The second kappa shape index (κ2) is 10.9. The Labute approximate surface area is 251 Å². The van der Waals surface area contributed by atoms with Gasteiger partial charge in [-0.3, -0.25) is 19.1 Å². The summed E-state index contributed by atoms with van der Waals surface area (Å²) in [7, 11) is 3.62. The van der Waals surface area contributed by atoms with E-state index in [1.807, 2.05) is 57.5 Å². The fourth-order valence-corrected chi connectivity index (χ4v) is 6.25. The van der Waals surface area contributed by atoms with Crippen molar-refractivity contribution in [3.8, 4) is 11.1 Å². The lowest BCUT2D eigenvalue weighted by atomic mass is 9.82. The maximum atomic E-state index is 13.6. The van der Waals surface area contributed by atoms with Crippen molar-refractivity contribution in [3.63, 3.8) is 0 Å². The van der Waals surface area contributed by atoms with E-state index < -0.39 is 17.8 Å². The maximum Gasteiger partial charge on any atom is 0.304 e.